The molecule has 3 heteroatoms. The van der Waals surface area contributed by atoms with Crippen LogP contribution in [0, 0.1) is 0 Å². The van der Waals surface area contributed by atoms with E-state index in [1.54, 1.807) is 0 Å². The van der Waals surface area contributed by atoms with Gasteiger partial charge in [-0.2, -0.15) is 0 Å². The van der Waals surface area contributed by atoms with Crippen molar-refractivity contribution in [2.75, 3.05) is 13.6 Å². The molecule has 1 saturated heterocycles. The highest BCUT2D eigenvalue weighted by atomic mass is 16.2. The number of nitrogens with one attached hydrogen (secondary N) is 1. The maximum absolute atomic E-state index is 12.0. The SMILES string of the molecule is CNC1CCN(Cc2ccc(C(C)C)cc2)C1=O. The summed E-state index contributed by atoms with van der Waals surface area (Å²) in [7, 11) is 1.85. The Morgan fingerprint density at radius 3 is 2.50 bits per heavy atom. The lowest BCUT2D eigenvalue weighted by Crippen LogP contribution is -2.35. The van der Waals surface area contributed by atoms with Crippen molar-refractivity contribution in [1.29, 1.82) is 0 Å². The summed E-state index contributed by atoms with van der Waals surface area (Å²) in [5.74, 6) is 0.784. The minimum atomic E-state index is 0.0138. The summed E-state index contributed by atoms with van der Waals surface area (Å²) in [5.41, 5.74) is 2.56. The Hall–Kier alpha value is -1.35. The van der Waals surface area contributed by atoms with Crippen molar-refractivity contribution in [3.8, 4) is 0 Å². The molecule has 0 radical (unpaired) electrons. The molecule has 0 spiro atoms. The van der Waals surface area contributed by atoms with Gasteiger partial charge in [-0.05, 0) is 30.5 Å². The monoisotopic (exact) mass is 246 g/mol. The summed E-state index contributed by atoms with van der Waals surface area (Å²) >= 11 is 0. The third-order valence-electron chi connectivity index (χ3n) is 3.67. The minimum Gasteiger partial charge on any atom is -0.337 e. The number of hydrogen-bond acceptors (Lipinski definition) is 2. The van der Waals surface area contributed by atoms with Crippen molar-refractivity contribution in [1.82, 2.24) is 10.2 Å². The second-order valence-electron chi connectivity index (χ2n) is 5.29. The Morgan fingerprint density at radius 2 is 2.00 bits per heavy atom. The minimum absolute atomic E-state index is 0.0138. The topological polar surface area (TPSA) is 32.3 Å². The Bertz CT molecular complexity index is 411. The number of carbonyl (C=O) groups is 1. The van der Waals surface area contributed by atoms with E-state index in [1.807, 2.05) is 11.9 Å². The molecule has 1 aliphatic heterocycles. The number of hydrogen-bond donors (Lipinski definition) is 1. The molecule has 98 valence electrons. The molecule has 1 aromatic carbocycles. The van der Waals surface area contributed by atoms with Gasteiger partial charge in [0.2, 0.25) is 5.91 Å². The molecule has 18 heavy (non-hydrogen) atoms. The second kappa shape index (κ2) is 5.53. The highest BCUT2D eigenvalue weighted by Crippen LogP contribution is 2.18. The normalized spacial score (nSPS) is 19.9. The zero-order valence-corrected chi connectivity index (χ0v) is 11.4. The van der Waals surface area contributed by atoms with Crippen LogP contribution in [0.25, 0.3) is 0 Å². The molecule has 1 fully saturated rings. The van der Waals surface area contributed by atoms with Crippen molar-refractivity contribution in [3.63, 3.8) is 0 Å². The molecule has 0 saturated carbocycles. The number of nitrogens with zero attached hydrogens (tertiary/aromatic N) is 1. The maximum atomic E-state index is 12.0. The third kappa shape index (κ3) is 2.72. The van der Waals surface area contributed by atoms with Crippen LogP contribution in [0.15, 0.2) is 24.3 Å². The van der Waals surface area contributed by atoms with Crippen molar-refractivity contribution in [2.24, 2.45) is 0 Å². The van der Waals surface area contributed by atoms with Gasteiger partial charge in [0.1, 0.15) is 0 Å². The number of likely N-dealkylation sites (tertiary alicyclic amines) is 1. The van der Waals surface area contributed by atoms with Crippen LogP contribution < -0.4 is 5.32 Å². The first-order valence-corrected chi connectivity index (χ1v) is 6.66. The van der Waals surface area contributed by atoms with E-state index in [-0.39, 0.29) is 11.9 Å². The van der Waals surface area contributed by atoms with E-state index >= 15 is 0 Å². The van der Waals surface area contributed by atoms with Crippen molar-refractivity contribution in [2.45, 2.75) is 38.8 Å². The quantitative estimate of drug-likeness (QED) is 0.882. The average molecular weight is 246 g/mol. The van der Waals surface area contributed by atoms with E-state index < -0.39 is 0 Å². The van der Waals surface area contributed by atoms with Crippen LogP contribution in [-0.2, 0) is 11.3 Å². The van der Waals surface area contributed by atoms with Crippen LogP contribution in [0.4, 0.5) is 0 Å². The molecule has 1 unspecified atom stereocenters. The molecule has 0 bridgehead atoms. The summed E-state index contributed by atoms with van der Waals surface area (Å²) in [6.07, 6.45) is 0.916. The van der Waals surface area contributed by atoms with Gasteiger partial charge in [0.15, 0.2) is 0 Å². The molecular weight excluding hydrogens is 224 g/mol. The molecular formula is C15H22N2O. The van der Waals surface area contributed by atoms with Gasteiger partial charge in [-0.3, -0.25) is 4.79 Å². The maximum Gasteiger partial charge on any atom is 0.240 e. The first kappa shape index (κ1) is 13.1. The number of amides is 1. The third-order valence-corrected chi connectivity index (χ3v) is 3.67. The van der Waals surface area contributed by atoms with Crippen LogP contribution in [0.2, 0.25) is 0 Å². The summed E-state index contributed by atoms with van der Waals surface area (Å²) in [6, 6.07) is 8.61. The first-order chi connectivity index (χ1) is 8.61. The molecule has 1 aliphatic rings. The average Bonchev–Trinajstić information content (AvgIpc) is 2.71. The molecule has 0 aliphatic carbocycles. The predicted octanol–water partition coefficient (Wildman–Crippen LogP) is 2.13. The number of carbonyl (C=O) groups excluding carboxylic acids is 1. The van der Waals surface area contributed by atoms with Gasteiger partial charge in [0.05, 0.1) is 6.04 Å². The van der Waals surface area contributed by atoms with Gasteiger partial charge >= 0.3 is 0 Å². The van der Waals surface area contributed by atoms with Gasteiger partial charge in [0.25, 0.3) is 0 Å². The fourth-order valence-electron chi connectivity index (χ4n) is 2.39. The summed E-state index contributed by atoms with van der Waals surface area (Å²) in [4.78, 5) is 13.9. The number of benzene rings is 1. The largest absolute Gasteiger partial charge is 0.337 e. The van der Waals surface area contributed by atoms with Crippen LogP contribution in [0.3, 0.4) is 0 Å². The Balaban J connectivity index is 2.00. The van der Waals surface area contributed by atoms with Crippen LogP contribution in [-0.4, -0.2) is 30.4 Å². The van der Waals surface area contributed by atoms with Crippen LogP contribution in [0.1, 0.15) is 37.3 Å². The van der Waals surface area contributed by atoms with Crippen LogP contribution in [0.5, 0.6) is 0 Å². The molecule has 1 atom stereocenters. The standard InChI is InChI=1S/C15H22N2O/c1-11(2)13-6-4-12(5-7-13)10-17-9-8-14(16-3)15(17)18/h4-7,11,14,16H,8-10H2,1-3H3. The molecule has 2 rings (SSSR count). The lowest BCUT2D eigenvalue weighted by atomic mass is 10.0. The fourth-order valence-corrected chi connectivity index (χ4v) is 2.39. The molecule has 1 amide bonds. The number of likely N-dealkylation sites (N-methyl/N-ethyl adjacent to an activating group) is 1. The van der Waals surface area contributed by atoms with Gasteiger partial charge in [0, 0.05) is 13.1 Å². The molecule has 1 heterocycles. The smallest absolute Gasteiger partial charge is 0.240 e. The summed E-state index contributed by atoms with van der Waals surface area (Å²) in [5, 5.41) is 3.06. The zero-order valence-electron chi connectivity index (χ0n) is 11.4. The van der Waals surface area contributed by atoms with Gasteiger partial charge in [-0.1, -0.05) is 38.1 Å². The molecule has 1 aromatic rings. The highest BCUT2D eigenvalue weighted by Gasteiger charge is 2.29. The molecule has 0 aromatic heterocycles. The zero-order chi connectivity index (χ0) is 13.1. The van der Waals surface area contributed by atoms with E-state index in [0.717, 1.165) is 19.5 Å². The van der Waals surface area contributed by atoms with Gasteiger partial charge < -0.3 is 10.2 Å². The molecule has 3 nitrogen and oxygen atoms in total. The van der Waals surface area contributed by atoms with Gasteiger partial charge in [-0.25, -0.2) is 0 Å². The Labute approximate surface area is 109 Å². The van der Waals surface area contributed by atoms with E-state index in [2.05, 4.69) is 43.4 Å². The Morgan fingerprint density at radius 1 is 1.33 bits per heavy atom. The van der Waals surface area contributed by atoms with Gasteiger partial charge in [-0.15, -0.1) is 0 Å². The van der Waals surface area contributed by atoms with E-state index in [1.165, 1.54) is 11.1 Å². The molecule has 1 N–H and O–H groups in total. The summed E-state index contributed by atoms with van der Waals surface area (Å²) in [6.45, 7) is 5.97. The van der Waals surface area contributed by atoms with Crippen molar-refractivity contribution >= 4 is 5.91 Å². The summed E-state index contributed by atoms with van der Waals surface area (Å²) < 4.78 is 0. The van der Waals surface area contributed by atoms with E-state index in [0.29, 0.717) is 5.92 Å². The lowest BCUT2D eigenvalue weighted by Gasteiger charge is -2.17. The Kier molecular flexibility index (Phi) is 4.02. The van der Waals surface area contributed by atoms with Crippen LogP contribution >= 0.6 is 0 Å². The lowest BCUT2D eigenvalue weighted by molar-refractivity contribution is -0.129. The van der Waals surface area contributed by atoms with Crippen molar-refractivity contribution < 1.29 is 4.79 Å². The van der Waals surface area contributed by atoms with Crippen molar-refractivity contribution in [3.05, 3.63) is 35.4 Å². The number of rotatable bonds is 4. The second-order valence-corrected chi connectivity index (χ2v) is 5.29. The van der Waals surface area contributed by atoms with E-state index in [9.17, 15) is 4.79 Å². The fraction of sp³-hybridized carbons (Fsp3) is 0.533. The van der Waals surface area contributed by atoms with E-state index in [4.69, 9.17) is 0 Å². The first-order valence-electron chi connectivity index (χ1n) is 6.66. The predicted molar refractivity (Wildman–Crippen MR) is 73.4 cm³/mol. The highest BCUT2D eigenvalue weighted by molar-refractivity contribution is 5.83.